The minimum atomic E-state index is 0.473. The zero-order valence-corrected chi connectivity index (χ0v) is 11.8. The van der Waals surface area contributed by atoms with Crippen LogP contribution in [0.4, 0.5) is 0 Å². The fraction of sp³-hybridized carbons (Fsp3) is 0.438. The summed E-state index contributed by atoms with van der Waals surface area (Å²) in [6.07, 6.45) is 4.07. The lowest BCUT2D eigenvalue weighted by Crippen LogP contribution is -2.20. The van der Waals surface area contributed by atoms with Gasteiger partial charge in [0.15, 0.2) is 0 Å². The molecule has 0 aliphatic heterocycles. The van der Waals surface area contributed by atoms with Crippen molar-refractivity contribution in [2.24, 2.45) is 0 Å². The second kappa shape index (κ2) is 7.10. The molecule has 3 heteroatoms. The summed E-state index contributed by atoms with van der Waals surface area (Å²) in [5.74, 6) is 0. The zero-order chi connectivity index (χ0) is 13.5. The maximum atomic E-state index is 4.40. The Bertz CT molecular complexity index is 476. The minimum absolute atomic E-state index is 0.473. The van der Waals surface area contributed by atoms with E-state index in [4.69, 9.17) is 0 Å². The van der Waals surface area contributed by atoms with E-state index in [1.54, 1.807) is 0 Å². The largest absolute Gasteiger partial charge is 0.311 e. The van der Waals surface area contributed by atoms with Crippen LogP contribution in [0.25, 0.3) is 0 Å². The molecule has 0 bridgehead atoms. The molecule has 19 heavy (non-hydrogen) atoms. The Labute approximate surface area is 115 Å². The second-order valence-electron chi connectivity index (χ2n) is 4.94. The van der Waals surface area contributed by atoms with Gasteiger partial charge in [-0.3, -0.25) is 4.68 Å². The molecule has 0 saturated heterocycles. The van der Waals surface area contributed by atoms with E-state index in [1.807, 2.05) is 6.20 Å². The van der Waals surface area contributed by atoms with Gasteiger partial charge >= 0.3 is 0 Å². The van der Waals surface area contributed by atoms with Crippen LogP contribution in [0.5, 0.6) is 0 Å². The second-order valence-corrected chi connectivity index (χ2v) is 4.94. The van der Waals surface area contributed by atoms with Gasteiger partial charge in [0.2, 0.25) is 0 Å². The lowest BCUT2D eigenvalue weighted by atomic mass is 10.1. The molecule has 0 radical (unpaired) electrons. The van der Waals surface area contributed by atoms with Crippen LogP contribution in [0.1, 0.15) is 37.6 Å². The van der Waals surface area contributed by atoms with Gasteiger partial charge in [-0.25, -0.2) is 0 Å². The summed E-state index contributed by atoms with van der Waals surface area (Å²) in [5, 5.41) is 7.90. The quantitative estimate of drug-likeness (QED) is 0.772. The Kier molecular flexibility index (Phi) is 5.16. The van der Waals surface area contributed by atoms with Crippen molar-refractivity contribution >= 4 is 0 Å². The summed E-state index contributed by atoms with van der Waals surface area (Å²) in [6.45, 7) is 6.28. The van der Waals surface area contributed by atoms with E-state index in [9.17, 15) is 0 Å². The molecule has 1 aromatic heterocycles. The van der Waals surface area contributed by atoms with E-state index in [0.717, 1.165) is 25.9 Å². The molecule has 0 spiro atoms. The summed E-state index contributed by atoms with van der Waals surface area (Å²) in [4.78, 5) is 0. The molecule has 2 rings (SSSR count). The smallest absolute Gasteiger partial charge is 0.0525 e. The third-order valence-electron chi connectivity index (χ3n) is 3.50. The molecule has 3 nitrogen and oxygen atoms in total. The van der Waals surface area contributed by atoms with Gasteiger partial charge in [0, 0.05) is 18.8 Å². The average Bonchev–Trinajstić information content (AvgIpc) is 2.92. The van der Waals surface area contributed by atoms with E-state index in [1.165, 1.54) is 11.3 Å². The molecule has 0 saturated carbocycles. The summed E-state index contributed by atoms with van der Waals surface area (Å²) < 4.78 is 2.12. The van der Waals surface area contributed by atoms with Crippen LogP contribution in [0.15, 0.2) is 42.6 Å². The lowest BCUT2D eigenvalue weighted by Gasteiger charge is -2.14. The van der Waals surface area contributed by atoms with Gasteiger partial charge in [0.1, 0.15) is 0 Å². The van der Waals surface area contributed by atoms with Crippen LogP contribution in [0, 0.1) is 0 Å². The molecule has 1 aromatic carbocycles. The number of aromatic nitrogens is 2. The molecule has 1 N–H and O–H groups in total. The van der Waals surface area contributed by atoms with Gasteiger partial charge in [-0.2, -0.15) is 5.10 Å². The highest BCUT2D eigenvalue weighted by Crippen LogP contribution is 2.11. The van der Waals surface area contributed by atoms with Gasteiger partial charge < -0.3 is 5.32 Å². The Hall–Kier alpha value is -1.61. The number of benzene rings is 1. The van der Waals surface area contributed by atoms with Crippen LogP contribution in [-0.4, -0.2) is 16.3 Å². The summed E-state index contributed by atoms with van der Waals surface area (Å²) in [7, 11) is 0. The molecule has 0 amide bonds. The third kappa shape index (κ3) is 3.93. The van der Waals surface area contributed by atoms with Crippen LogP contribution in [0.3, 0.4) is 0 Å². The fourth-order valence-corrected chi connectivity index (χ4v) is 2.15. The van der Waals surface area contributed by atoms with Gasteiger partial charge in [-0.05, 0) is 37.9 Å². The van der Waals surface area contributed by atoms with Crippen molar-refractivity contribution < 1.29 is 0 Å². The van der Waals surface area contributed by atoms with Crippen molar-refractivity contribution in [3.8, 4) is 0 Å². The number of nitrogens with zero attached hydrogens (tertiary/aromatic N) is 2. The maximum absolute atomic E-state index is 4.40. The molecule has 1 atom stereocenters. The highest BCUT2D eigenvalue weighted by atomic mass is 15.3. The predicted octanol–water partition coefficient (Wildman–Crippen LogP) is 3.19. The first-order valence-corrected chi connectivity index (χ1v) is 7.08. The highest BCUT2D eigenvalue weighted by molar-refractivity contribution is 5.14. The van der Waals surface area contributed by atoms with E-state index in [-0.39, 0.29) is 0 Å². The monoisotopic (exact) mass is 257 g/mol. The van der Waals surface area contributed by atoms with Crippen molar-refractivity contribution in [1.29, 1.82) is 0 Å². The average molecular weight is 257 g/mol. The minimum Gasteiger partial charge on any atom is -0.311 e. The summed E-state index contributed by atoms with van der Waals surface area (Å²) in [6, 6.07) is 13.2. The van der Waals surface area contributed by atoms with Crippen molar-refractivity contribution in [3.63, 3.8) is 0 Å². The van der Waals surface area contributed by atoms with Crippen molar-refractivity contribution in [2.45, 2.75) is 39.3 Å². The van der Waals surface area contributed by atoms with E-state index in [0.29, 0.717) is 6.04 Å². The summed E-state index contributed by atoms with van der Waals surface area (Å²) >= 11 is 0. The Morgan fingerprint density at radius 2 is 2.00 bits per heavy atom. The number of hydrogen-bond donors (Lipinski definition) is 1. The molecule has 2 aromatic rings. The van der Waals surface area contributed by atoms with Crippen molar-refractivity contribution in [2.75, 3.05) is 6.54 Å². The number of nitrogens with one attached hydrogen (secondary N) is 1. The Morgan fingerprint density at radius 3 is 2.74 bits per heavy atom. The molecule has 0 unspecified atom stereocenters. The normalized spacial score (nSPS) is 12.5. The lowest BCUT2D eigenvalue weighted by molar-refractivity contribution is 0.452. The maximum Gasteiger partial charge on any atom is 0.0525 e. The molecule has 0 fully saturated rings. The van der Waals surface area contributed by atoms with Crippen LogP contribution in [-0.2, 0) is 13.0 Å². The Morgan fingerprint density at radius 1 is 1.21 bits per heavy atom. The van der Waals surface area contributed by atoms with Crippen molar-refractivity contribution in [3.05, 3.63) is 53.9 Å². The van der Waals surface area contributed by atoms with Crippen LogP contribution < -0.4 is 5.32 Å². The van der Waals surface area contributed by atoms with Gasteiger partial charge in [0.05, 0.1) is 5.69 Å². The molecule has 0 aliphatic rings. The zero-order valence-electron chi connectivity index (χ0n) is 11.8. The molecule has 0 aliphatic carbocycles. The predicted molar refractivity (Wildman–Crippen MR) is 79.1 cm³/mol. The first kappa shape index (κ1) is 13.8. The van der Waals surface area contributed by atoms with Gasteiger partial charge in [0.25, 0.3) is 0 Å². The first-order valence-electron chi connectivity index (χ1n) is 7.08. The van der Waals surface area contributed by atoms with Crippen molar-refractivity contribution in [1.82, 2.24) is 15.1 Å². The number of rotatable bonds is 7. The van der Waals surface area contributed by atoms with E-state index in [2.05, 4.69) is 65.3 Å². The number of hydrogen-bond acceptors (Lipinski definition) is 2. The van der Waals surface area contributed by atoms with E-state index >= 15 is 0 Å². The highest BCUT2D eigenvalue weighted by Gasteiger charge is 2.07. The molecular formula is C16H23N3. The van der Waals surface area contributed by atoms with Gasteiger partial charge in [-0.15, -0.1) is 0 Å². The van der Waals surface area contributed by atoms with E-state index < -0.39 is 0 Å². The molecular weight excluding hydrogens is 234 g/mol. The van der Waals surface area contributed by atoms with Crippen LogP contribution >= 0.6 is 0 Å². The third-order valence-corrected chi connectivity index (χ3v) is 3.50. The summed E-state index contributed by atoms with van der Waals surface area (Å²) in [5.41, 5.74) is 2.65. The van der Waals surface area contributed by atoms with Crippen LogP contribution in [0.2, 0.25) is 0 Å². The molecule has 1 heterocycles. The first-order chi connectivity index (χ1) is 9.31. The Balaban J connectivity index is 1.78. The standard InChI is InChI=1S/C16H23N3/c1-3-14(2)19-16(10-12-18-19)13-17-11-9-15-7-5-4-6-8-15/h4-8,10,12,14,17H,3,9,11,13H2,1-2H3/t14-/m0/s1. The SMILES string of the molecule is CC[C@H](C)n1nccc1CNCCc1ccccc1. The van der Waals surface area contributed by atoms with Gasteiger partial charge in [-0.1, -0.05) is 37.3 Å². The topological polar surface area (TPSA) is 29.9 Å². The molecule has 102 valence electrons. The fourth-order valence-electron chi connectivity index (χ4n) is 2.15.